The van der Waals surface area contributed by atoms with Crippen molar-refractivity contribution in [3.63, 3.8) is 0 Å². The minimum atomic E-state index is 0.160. The zero-order valence-electron chi connectivity index (χ0n) is 7.93. The Morgan fingerprint density at radius 2 is 2.27 bits per heavy atom. The molecule has 0 aromatic heterocycles. The van der Waals surface area contributed by atoms with Crippen molar-refractivity contribution in [2.24, 2.45) is 10.7 Å². The molecule has 15 heavy (non-hydrogen) atoms. The van der Waals surface area contributed by atoms with Gasteiger partial charge in [-0.3, -0.25) is 0 Å². The first kappa shape index (κ1) is 12.6. The van der Waals surface area contributed by atoms with Gasteiger partial charge >= 0.3 is 0 Å². The van der Waals surface area contributed by atoms with Crippen LogP contribution in [0.15, 0.2) is 21.6 Å². The molecule has 0 aliphatic carbocycles. The van der Waals surface area contributed by atoms with E-state index in [1.54, 1.807) is 19.2 Å². The van der Waals surface area contributed by atoms with Crippen LogP contribution in [0, 0.1) is 0 Å². The molecule has 0 unspecified atom stereocenters. The van der Waals surface area contributed by atoms with E-state index in [1.165, 1.54) is 0 Å². The van der Waals surface area contributed by atoms with Crippen molar-refractivity contribution < 1.29 is 4.74 Å². The highest BCUT2D eigenvalue weighted by atomic mass is 79.9. The predicted octanol–water partition coefficient (Wildman–Crippen LogP) is 3.34. The van der Waals surface area contributed by atoms with E-state index in [2.05, 4.69) is 20.9 Å². The molecule has 1 aromatic carbocycles. The maximum Gasteiger partial charge on any atom is 0.158 e. The Labute approximate surface area is 106 Å². The van der Waals surface area contributed by atoms with Crippen LogP contribution in [0.2, 0.25) is 5.02 Å². The van der Waals surface area contributed by atoms with E-state index in [0.29, 0.717) is 22.3 Å². The van der Waals surface area contributed by atoms with Crippen LogP contribution >= 0.6 is 39.1 Å². The molecule has 2 N–H and O–H groups in total. The molecule has 0 atom stereocenters. The molecule has 0 saturated heterocycles. The number of aliphatic imine (C=N–C) groups is 1. The lowest BCUT2D eigenvalue weighted by Crippen LogP contribution is -2.12. The fraction of sp³-hybridized carbons (Fsp3) is 0.222. The lowest BCUT2D eigenvalue weighted by atomic mass is 10.3. The smallest absolute Gasteiger partial charge is 0.158 e. The average molecular weight is 312 g/mol. The van der Waals surface area contributed by atoms with Crippen molar-refractivity contribution in [2.75, 3.05) is 13.0 Å². The first-order chi connectivity index (χ1) is 7.08. The van der Waals surface area contributed by atoms with E-state index >= 15 is 0 Å². The van der Waals surface area contributed by atoms with E-state index < -0.39 is 0 Å². The van der Waals surface area contributed by atoms with Gasteiger partial charge in [0.05, 0.1) is 17.5 Å². The number of halogens is 3. The molecule has 0 amide bonds. The van der Waals surface area contributed by atoms with Gasteiger partial charge in [0.2, 0.25) is 0 Å². The van der Waals surface area contributed by atoms with E-state index in [-0.39, 0.29) is 5.88 Å². The Bertz CT molecular complexity index is 396. The number of hydrogen-bond acceptors (Lipinski definition) is 2. The monoisotopic (exact) mass is 310 g/mol. The first-order valence-corrected chi connectivity index (χ1v) is 5.71. The number of alkyl halides is 1. The van der Waals surface area contributed by atoms with Crippen LogP contribution in [0.1, 0.15) is 0 Å². The van der Waals surface area contributed by atoms with Gasteiger partial charge in [0, 0.05) is 5.02 Å². The maximum absolute atomic E-state index is 5.88. The fourth-order valence-electron chi connectivity index (χ4n) is 1.02. The van der Waals surface area contributed by atoms with Crippen molar-refractivity contribution in [2.45, 2.75) is 0 Å². The van der Waals surface area contributed by atoms with E-state index in [0.717, 1.165) is 4.47 Å². The Balaban J connectivity index is 3.26. The highest BCUT2D eigenvalue weighted by molar-refractivity contribution is 9.10. The number of hydrogen-bond donors (Lipinski definition) is 1. The highest BCUT2D eigenvalue weighted by Crippen LogP contribution is 2.38. The Morgan fingerprint density at radius 1 is 1.60 bits per heavy atom. The summed E-state index contributed by atoms with van der Waals surface area (Å²) in [5.74, 6) is 1.05. The quantitative estimate of drug-likeness (QED) is 0.529. The van der Waals surface area contributed by atoms with Gasteiger partial charge in [0.15, 0.2) is 5.75 Å². The Kier molecular flexibility index (Phi) is 4.70. The van der Waals surface area contributed by atoms with Crippen molar-refractivity contribution in [3.8, 4) is 5.75 Å². The van der Waals surface area contributed by atoms with Gasteiger partial charge in [0.25, 0.3) is 0 Å². The molecular weight excluding hydrogens is 303 g/mol. The molecular formula is C9H9BrCl2N2O. The van der Waals surface area contributed by atoms with E-state index in [9.17, 15) is 0 Å². The summed E-state index contributed by atoms with van der Waals surface area (Å²) in [6.45, 7) is 0. The lowest BCUT2D eigenvalue weighted by molar-refractivity contribution is 0.413. The van der Waals surface area contributed by atoms with Gasteiger partial charge < -0.3 is 10.5 Å². The Hall–Kier alpha value is -0.450. The van der Waals surface area contributed by atoms with Crippen molar-refractivity contribution in [1.82, 2.24) is 0 Å². The molecule has 0 aliphatic rings. The SMILES string of the molecule is COc1c(Br)cc(Cl)cc1N=C(N)CCl. The van der Waals surface area contributed by atoms with Crippen LogP contribution in [-0.2, 0) is 0 Å². The molecule has 0 radical (unpaired) electrons. The summed E-state index contributed by atoms with van der Waals surface area (Å²) in [7, 11) is 1.55. The number of ether oxygens (including phenoxy) is 1. The number of benzene rings is 1. The third-order valence-corrected chi connectivity index (χ3v) is 2.67. The number of methoxy groups -OCH3 is 1. The molecule has 0 spiro atoms. The van der Waals surface area contributed by atoms with Crippen molar-refractivity contribution in [1.29, 1.82) is 0 Å². The third kappa shape index (κ3) is 3.26. The molecule has 0 heterocycles. The molecule has 3 nitrogen and oxygen atoms in total. The zero-order valence-corrected chi connectivity index (χ0v) is 11.0. The normalized spacial score (nSPS) is 11.6. The number of rotatable bonds is 3. The summed E-state index contributed by atoms with van der Waals surface area (Å²) < 4.78 is 5.89. The van der Waals surface area contributed by atoms with E-state index in [1.807, 2.05) is 0 Å². The second-order valence-corrected chi connectivity index (χ2v) is 4.23. The summed E-state index contributed by atoms with van der Waals surface area (Å²) in [5.41, 5.74) is 6.08. The first-order valence-electron chi connectivity index (χ1n) is 4.00. The van der Waals surface area contributed by atoms with Crippen molar-refractivity contribution in [3.05, 3.63) is 21.6 Å². The second-order valence-electron chi connectivity index (χ2n) is 2.68. The molecule has 0 aliphatic heterocycles. The highest BCUT2D eigenvalue weighted by Gasteiger charge is 2.08. The molecule has 0 saturated carbocycles. The maximum atomic E-state index is 5.88. The van der Waals surface area contributed by atoms with Gasteiger partial charge in [-0.2, -0.15) is 0 Å². The largest absolute Gasteiger partial charge is 0.493 e. The van der Waals surface area contributed by atoms with Crippen LogP contribution in [0.25, 0.3) is 0 Å². The standard InChI is InChI=1S/C9H9BrCl2N2O/c1-15-9-6(10)2-5(12)3-7(9)14-8(13)4-11/h2-3H,4H2,1H3,(H2,13,14). The second kappa shape index (κ2) is 5.58. The Morgan fingerprint density at radius 3 is 2.80 bits per heavy atom. The molecule has 6 heteroatoms. The summed E-state index contributed by atoms with van der Waals surface area (Å²) in [5, 5.41) is 0.545. The van der Waals surface area contributed by atoms with Crippen LogP contribution in [0.4, 0.5) is 5.69 Å². The molecule has 1 aromatic rings. The van der Waals surface area contributed by atoms with Crippen LogP contribution in [0.3, 0.4) is 0 Å². The molecule has 0 bridgehead atoms. The topological polar surface area (TPSA) is 47.6 Å². The van der Waals surface area contributed by atoms with Crippen molar-refractivity contribution >= 4 is 50.7 Å². The number of amidine groups is 1. The minimum absolute atomic E-state index is 0.160. The van der Waals surface area contributed by atoms with Crippen LogP contribution in [-0.4, -0.2) is 18.8 Å². The summed E-state index contributed by atoms with van der Waals surface area (Å²) in [4.78, 5) is 4.09. The fourth-order valence-corrected chi connectivity index (χ4v) is 2.03. The summed E-state index contributed by atoms with van der Waals surface area (Å²) in [6, 6.07) is 3.38. The minimum Gasteiger partial charge on any atom is -0.493 e. The third-order valence-electron chi connectivity index (χ3n) is 1.59. The predicted molar refractivity (Wildman–Crippen MR) is 67.7 cm³/mol. The molecule has 82 valence electrons. The summed E-state index contributed by atoms with van der Waals surface area (Å²) in [6.07, 6.45) is 0. The zero-order chi connectivity index (χ0) is 11.4. The molecule has 0 fully saturated rings. The van der Waals surface area contributed by atoms with Gasteiger partial charge in [-0.25, -0.2) is 4.99 Å². The number of nitrogens with two attached hydrogens (primary N) is 1. The summed E-state index contributed by atoms with van der Waals surface area (Å²) >= 11 is 14.7. The van der Waals surface area contributed by atoms with Gasteiger partial charge in [-0.1, -0.05) is 11.6 Å². The van der Waals surface area contributed by atoms with Crippen LogP contribution in [0.5, 0.6) is 5.75 Å². The van der Waals surface area contributed by atoms with E-state index in [4.69, 9.17) is 33.7 Å². The number of nitrogens with zero attached hydrogens (tertiary/aromatic N) is 1. The van der Waals surface area contributed by atoms with Gasteiger partial charge in [0.1, 0.15) is 11.5 Å². The van der Waals surface area contributed by atoms with Gasteiger partial charge in [-0.15, -0.1) is 11.6 Å². The average Bonchev–Trinajstić information content (AvgIpc) is 2.17. The van der Waals surface area contributed by atoms with Crippen LogP contribution < -0.4 is 10.5 Å². The lowest BCUT2D eigenvalue weighted by Gasteiger charge is -2.07. The van der Waals surface area contributed by atoms with Gasteiger partial charge in [-0.05, 0) is 28.1 Å². The molecule has 1 rings (SSSR count).